The maximum absolute atomic E-state index is 11.5. The quantitative estimate of drug-likeness (QED) is 0.223. The van der Waals surface area contributed by atoms with Crippen molar-refractivity contribution in [1.82, 2.24) is 5.32 Å². The summed E-state index contributed by atoms with van der Waals surface area (Å²) >= 11 is 0. The minimum atomic E-state index is -2.10. The molecule has 7 nitrogen and oxygen atoms in total. The predicted octanol–water partition coefficient (Wildman–Crippen LogP) is 3.48. The van der Waals surface area contributed by atoms with Crippen LogP contribution in [-0.4, -0.2) is 56.3 Å². The van der Waals surface area contributed by atoms with Gasteiger partial charge in [-0.1, -0.05) is 32.1 Å². The van der Waals surface area contributed by atoms with Crippen molar-refractivity contribution in [2.75, 3.05) is 27.6 Å². The van der Waals surface area contributed by atoms with Gasteiger partial charge in [-0.05, 0) is 25.4 Å². The van der Waals surface area contributed by atoms with E-state index < -0.39 is 22.7 Å². The molecule has 0 saturated heterocycles. The first-order chi connectivity index (χ1) is 11.6. The van der Waals surface area contributed by atoms with Crippen LogP contribution in [0.15, 0.2) is 0 Å². The van der Waals surface area contributed by atoms with Crippen LogP contribution in [0.3, 0.4) is 0 Å². The second kappa shape index (κ2) is 12.4. The molecular weight excluding hydrogens is 358 g/mol. The summed E-state index contributed by atoms with van der Waals surface area (Å²) in [7, 11) is 0.129. The predicted molar refractivity (Wildman–Crippen MR) is 103 cm³/mol. The Kier molecular flexibility index (Phi) is 12.0. The second-order valence-electron chi connectivity index (χ2n) is 7.41. The number of nitrogens with one attached hydrogen (secondary N) is 1. The van der Waals surface area contributed by atoms with E-state index in [0.717, 1.165) is 25.3 Å². The van der Waals surface area contributed by atoms with Crippen LogP contribution in [0, 0.1) is 0 Å². The number of unbranched alkanes of at least 4 members (excludes halogenated alkanes) is 1. The van der Waals surface area contributed by atoms with E-state index in [1.54, 1.807) is 14.2 Å². The molecule has 0 spiro atoms. The van der Waals surface area contributed by atoms with Crippen LogP contribution < -0.4 is 5.32 Å². The number of hydrogen-bond donors (Lipinski definition) is 1. The average Bonchev–Trinajstić information content (AvgIpc) is 2.54. The summed E-state index contributed by atoms with van der Waals surface area (Å²) < 4.78 is 20.4. The molecule has 0 aliphatic carbocycles. The molecule has 1 N–H and O–H groups in total. The van der Waals surface area contributed by atoms with Gasteiger partial charge in [0, 0.05) is 35.3 Å². The van der Waals surface area contributed by atoms with Gasteiger partial charge in [0.15, 0.2) is 0 Å². The zero-order valence-corrected chi connectivity index (χ0v) is 18.6. The molecule has 0 aromatic heterocycles. The molecule has 0 atom stereocenters. The standard InChI is InChI=1S/C16H35NO6Si2/c1-20-25(6,21-2)13-9-11-17-16(19)23-14-22-15(18)10-7-8-12-24(3,4)5/h7-14H2,1-6H3,(H,17,19). The van der Waals surface area contributed by atoms with Crippen molar-refractivity contribution in [1.29, 1.82) is 0 Å². The van der Waals surface area contributed by atoms with Crippen LogP contribution in [0.1, 0.15) is 25.7 Å². The van der Waals surface area contributed by atoms with Crippen LogP contribution in [0.4, 0.5) is 4.79 Å². The fourth-order valence-electron chi connectivity index (χ4n) is 2.08. The molecule has 0 aromatic carbocycles. The Morgan fingerprint density at radius 3 is 2.08 bits per heavy atom. The number of hydrogen-bond acceptors (Lipinski definition) is 6. The van der Waals surface area contributed by atoms with E-state index in [0.29, 0.717) is 13.0 Å². The molecule has 1 amide bonds. The number of rotatable bonds is 13. The number of carbonyl (C=O) groups is 2. The topological polar surface area (TPSA) is 83.1 Å². The van der Waals surface area contributed by atoms with Gasteiger partial charge < -0.3 is 23.6 Å². The van der Waals surface area contributed by atoms with Crippen molar-refractivity contribution in [2.45, 2.75) is 64.0 Å². The molecule has 0 unspecified atom stereocenters. The minimum absolute atomic E-state index is 0.328. The van der Waals surface area contributed by atoms with Crippen molar-refractivity contribution in [2.24, 2.45) is 0 Å². The van der Waals surface area contributed by atoms with Crippen molar-refractivity contribution in [3.63, 3.8) is 0 Å². The molecule has 9 heteroatoms. The molecule has 0 aliphatic rings. The van der Waals surface area contributed by atoms with Gasteiger partial charge in [0.05, 0.1) is 0 Å². The van der Waals surface area contributed by atoms with Gasteiger partial charge in [0.25, 0.3) is 0 Å². The van der Waals surface area contributed by atoms with Crippen LogP contribution in [-0.2, 0) is 23.1 Å². The highest BCUT2D eigenvalue weighted by Gasteiger charge is 2.27. The van der Waals surface area contributed by atoms with Crippen LogP contribution in [0.5, 0.6) is 0 Å². The Morgan fingerprint density at radius 2 is 1.52 bits per heavy atom. The molecule has 148 valence electrons. The van der Waals surface area contributed by atoms with E-state index in [1.165, 1.54) is 6.04 Å². The zero-order chi connectivity index (χ0) is 19.3. The van der Waals surface area contributed by atoms with E-state index in [9.17, 15) is 9.59 Å². The van der Waals surface area contributed by atoms with E-state index in [-0.39, 0.29) is 12.8 Å². The van der Waals surface area contributed by atoms with Gasteiger partial charge in [-0.15, -0.1) is 0 Å². The maximum Gasteiger partial charge on any atom is 0.410 e. The summed E-state index contributed by atoms with van der Waals surface area (Å²) in [6, 6.07) is 1.97. The third-order valence-electron chi connectivity index (χ3n) is 3.91. The number of amides is 1. The van der Waals surface area contributed by atoms with Gasteiger partial charge in [0.1, 0.15) is 0 Å². The molecule has 0 heterocycles. The number of carbonyl (C=O) groups excluding carboxylic acids is 2. The monoisotopic (exact) mass is 393 g/mol. The molecule has 0 rings (SSSR count). The lowest BCUT2D eigenvalue weighted by Crippen LogP contribution is -2.37. The highest BCUT2D eigenvalue weighted by atomic mass is 28.4. The van der Waals surface area contributed by atoms with E-state index in [1.807, 2.05) is 6.55 Å². The normalized spacial score (nSPS) is 11.9. The fraction of sp³-hybridized carbons (Fsp3) is 0.875. The average molecular weight is 394 g/mol. The third-order valence-corrected chi connectivity index (χ3v) is 8.75. The molecule has 0 bridgehead atoms. The Labute approximate surface area is 154 Å². The molecular formula is C16H35NO6Si2. The lowest BCUT2D eigenvalue weighted by atomic mass is 10.2. The summed E-state index contributed by atoms with van der Waals surface area (Å²) in [6.07, 6.45) is 2.36. The Hall–Kier alpha value is -0.906. The molecule has 25 heavy (non-hydrogen) atoms. The smallest absolute Gasteiger partial charge is 0.410 e. The molecule has 0 radical (unpaired) electrons. The van der Waals surface area contributed by atoms with Crippen LogP contribution in [0.2, 0.25) is 38.3 Å². The minimum Gasteiger partial charge on any atom is -0.428 e. The highest BCUT2D eigenvalue weighted by Crippen LogP contribution is 2.14. The fourth-order valence-corrected chi connectivity index (χ4v) is 4.79. The maximum atomic E-state index is 11.5. The van der Waals surface area contributed by atoms with Crippen molar-refractivity contribution >= 4 is 28.7 Å². The van der Waals surface area contributed by atoms with Gasteiger partial charge in [-0.25, -0.2) is 4.79 Å². The van der Waals surface area contributed by atoms with Crippen molar-refractivity contribution in [3.05, 3.63) is 0 Å². The summed E-state index contributed by atoms with van der Waals surface area (Å²) in [5.74, 6) is -0.328. The van der Waals surface area contributed by atoms with Crippen molar-refractivity contribution in [3.8, 4) is 0 Å². The Balaban J connectivity index is 3.64. The lowest BCUT2D eigenvalue weighted by molar-refractivity contribution is -0.151. The highest BCUT2D eigenvalue weighted by molar-refractivity contribution is 6.76. The second-order valence-corrected chi connectivity index (χ2v) is 16.6. The number of ether oxygens (including phenoxy) is 2. The van der Waals surface area contributed by atoms with Crippen molar-refractivity contribution < 1.29 is 27.9 Å². The number of esters is 1. The van der Waals surface area contributed by atoms with Gasteiger partial charge in [0.2, 0.25) is 6.79 Å². The van der Waals surface area contributed by atoms with Crippen LogP contribution in [0.25, 0.3) is 0 Å². The van der Waals surface area contributed by atoms with Crippen LogP contribution >= 0.6 is 0 Å². The van der Waals surface area contributed by atoms with E-state index in [2.05, 4.69) is 25.0 Å². The summed E-state index contributed by atoms with van der Waals surface area (Å²) in [4.78, 5) is 23.0. The molecule has 0 aromatic rings. The Morgan fingerprint density at radius 1 is 0.880 bits per heavy atom. The molecule has 0 aliphatic heterocycles. The lowest BCUT2D eigenvalue weighted by Gasteiger charge is -2.22. The zero-order valence-electron chi connectivity index (χ0n) is 16.6. The third kappa shape index (κ3) is 14.0. The SMILES string of the molecule is CO[Si](C)(CCCNC(=O)OCOC(=O)CCCC[Si](C)(C)C)OC. The molecule has 0 saturated carbocycles. The van der Waals surface area contributed by atoms with Gasteiger partial charge in [-0.3, -0.25) is 4.79 Å². The van der Waals surface area contributed by atoms with Gasteiger partial charge in [-0.2, -0.15) is 0 Å². The summed E-state index contributed by atoms with van der Waals surface area (Å²) in [5, 5.41) is 2.61. The first-order valence-corrected chi connectivity index (χ1v) is 15.0. The molecule has 0 fully saturated rings. The summed E-state index contributed by atoms with van der Waals surface area (Å²) in [6.45, 7) is 9.01. The van der Waals surface area contributed by atoms with E-state index >= 15 is 0 Å². The largest absolute Gasteiger partial charge is 0.428 e. The number of alkyl carbamates (subject to hydrolysis) is 1. The first-order valence-electron chi connectivity index (χ1n) is 8.78. The summed E-state index contributed by atoms with van der Waals surface area (Å²) in [5.41, 5.74) is 0. The Bertz CT molecular complexity index is 397. The van der Waals surface area contributed by atoms with E-state index in [4.69, 9.17) is 18.3 Å². The van der Waals surface area contributed by atoms with Gasteiger partial charge >= 0.3 is 20.6 Å². The first kappa shape index (κ1) is 24.1.